The lowest BCUT2D eigenvalue weighted by Gasteiger charge is -2.27. The first-order valence-electron chi connectivity index (χ1n) is 9.84. The largest absolute Gasteiger partial charge is 0.444 e. The first-order valence-corrected chi connectivity index (χ1v) is 9.84. The van der Waals surface area contributed by atoms with Crippen LogP contribution < -0.4 is 0 Å². The van der Waals surface area contributed by atoms with Crippen LogP contribution in [-0.4, -0.2) is 53.5 Å². The molecule has 1 aliphatic heterocycles. The minimum Gasteiger partial charge on any atom is -0.444 e. The number of hydrogen-bond acceptors (Lipinski definition) is 4. The summed E-state index contributed by atoms with van der Waals surface area (Å²) in [4.78, 5) is 20.8. The predicted molar refractivity (Wildman–Crippen MR) is 112 cm³/mol. The summed E-state index contributed by atoms with van der Waals surface area (Å²) in [7, 11) is 0. The smallest absolute Gasteiger partial charge is 0.410 e. The summed E-state index contributed by atoms with van der Waals surface area (Å²) in [6.45, 7) is 14.1. The average Bonchev–Trinajstić information content (AvgIpc) is 2.90. The fourth-order valence-corrected chi connectivity index (χ4v) is 3.06. The lowest BCUT2D eigenvalue weighted by molar-refractivity contribution is 0.0260. The van der Waals surface area contributed by atoms with Gasteiger partial charge in [-0.05, 0) is 39.3 Å². The summed E-state index contributed by atoms with van der Waals surface area (Å²) in [5.74, 6) is 0.257. The van der Waals surface area contributed by atoms with Gasteiger partial charge in [0.25, 0.3) is 0 Å². The van der Waals surface area contributed by atoms with Crippen LogP contribution in [0.4, 0.5) is 9.18 Å². The predicted octanol–water partition coefficient (Wildman–Crippen LogP) is 4.42. The van der Waals surface area contributed by atoms with Crippen LogP contribution in [-0.2, 0) is 4.74 Å². The van der Waals surface area contributed by atoms with Crippen molar-refractivity contribution in [1.29, 1.82) is 5.26 Å². The zero-order valence-electron chi connectivity index (χ0n) is 17.7. The highest BCUT2D eigenvalue weighted by atomic mass is 19.1. The van der Waals surface area contributed by atoms with Gasteiger partial charge in [0.1, 0.15) is 23.3 Å². The van der Waals surface area contributed by atoms with Crippen LogP contribution in [0.3, 0.4) is 0 Å². The number of carbonyl (C=O) groups excluding carboxylic acids is 1. The molecule has 1 fully saturated rings. The molecule has 0 radical (unpaired) electrons. The van der Waals surface area contributed by atoms with E-state index >= 15 is 0 Å². The highest BCUT2D eigenvalue weighted by molar-refractivity contribution is 5.87. The Morgan fingerprint density at radius 1 is 1.28 bits per heavy atom. The summed E-state index contributed by atoms with van der Waals surface area (Å²) in [6.07, 6.45) is 1.19. The SMILES string of the molecule is C=C(N=C(CC)N1CCCN(C(=O)OC(C)(C)C)CC1)c1ccc(C#N)c(F)c1. The molecule has 0 spiro atoms. The van der Waals surface area contributed by atoms with Crippen LogP contribution in [0.1, 0.15) is 51.7 Å². The molecule has 2 rings (SSSR count). The lowest BCUT2D eigenvalue weighted by Crippen LogP contribution is -2.40. The van der Waals surface area contributed by atoms with Gasteiger partial charge in [0, 0.05) is 38.2 Å². The molecule has 1 saturated heterocycles. The molecule has 0 N–H and O–H groups in total. The number of nitriles is 1. The van der Waals surface area contributed by atoms with Crippen molar-refractivity contribution < 1.29 is 13.9 Å². The number of amidine groups is 1. The molecule has 0 aromatic heterocycles. The number of rotatable bonds is 3. The van der Waals surface area contributed by atoms with E-state index in [0.717, 1.165) is 18.8 Å². The Bertz CT molecular complexity index is 836. The average molecular weight is 400 g/mol. The van der Waals surface area contributed by atoms with Crippen LogP contribution in [0.25, 0.3) is 5.70 Å². The molecule has 0 bridgehead atoms. The number of benzene rings is 1. The van der Waals surface area contributed by atoms with Gasteiger partial charge in [0.2, 0.25) is 0 Å². The molecule has 7 heteroatoms. The van der Waals surface area contributed by atoms with E-state index in [1.807, 2.05) is 33.8 Å². The van der Waals surface area contributed by atoms with Gasteiger partial charge in [-0.2, -0.15) is 5.26 Å². The fraction of sp³-hybridized carbons (Fsp3) is 0.500. The quantitative estimate of drug-likeness (QED) is 0.556. The van der Waals surface area contributed by atoms with Crippen LogP contribution >= 0.6 is 0 Å². The van der Waals surface area contributed by atoms with Crippen molar-refractivity contribution in [3.63, 3.8) is 0 Å². The molecule has 0 saturated carbocycles. The van der Waals surface area contributed by atoms with E-state index in [2.05, 4.69) is 16.5 Å². The molecule has 29 heavy (non-hydrogen) atoms. The topological polar surface area (TPSA) is 68.9 Å². The van der Waals surface area contributed by atoms with Gasteiger partial charge in [-0.1, -0.05) is 19.6 Å². The van der Waals surface area contributed by atoms with Gasteiger partial charge in [-0.3, -0.25) is 0 Å². The second kappa shape index (κ2) is 9.55. The van der Waals surface area contributed by atoms with Crippen molar-refractivity contribution in [2.45, 2.75) is 46.1 Å². The maximum absolute atomic E-state index is 13.9. The van der Waals surface area contributed by atoms with Gasteiger partial charge < -0.3 is 14.5 Å². The lowest BCUT2D eigenvalue weighted by atomic mass is 10.1. The van der Waals surface area contributed by atoms with Crippen molar-refractivity contribution in [2.75, 3.05) is 26.2 Å². The Labute approximate surface area is 172 Å². The van der Waals surface area contributed by atoms with Crippen molar-refractivity contribution in [3.05, 3.63) is 41.7 Å². The zero-order valence-corrected chi connectivity index (χ0v) is 17.7. The van der Waals surface area contributed by atoms with Gasteiger partial charge in [0.05, 0.1) is 11.3 Å². The van der Waals surface area contributed by atoms with Gasteiger partial charge in [0.15, 0.2) is 0 Å². The van der Waals surface area contributed by atoms with Crippen LogP contribution in [0, 0.1) is 17.1 Å². The Hall–Kier alpha value is -2.88. The molecule has 1 heterocycles. The molecule has 0 unspecified atom stereocenters. The minimum absolute atomic E-state index is 0.00371. The molecule has 1 amide bonds. The van der Waals surface area contributed by atoms with E-state index in [1.165, 1.54) is 12.1 Å². The van der Waals surface area contributed by atoms with Crippen LogP contribution in [0.15, 0.2) is 29.8 Å². The molecule has 0 atom stereocenters. The summed E-state index contributed by atoms with van der Waals surface area (Å²) in [5, 5.41) is 8.87. The number of amides is 1. The zero-order chi connectivity index (χ0) is 21.6. The highest BCUT2D eigenvalue weighted by Crippen LogP contribution is 2.19. The molecule has 1 aromatic carbocycles. The van der Waals surface area contributed by atoms with Crippen LogP contribution in [0.5, 0.6) is 0 Å². The van der Waals surface area contributed by atoms with E-state index in [9.17, 15) is 9.18 Å². The second-order valence-corrected chi connectivity index (χ2v) is 7.94. The van der Waals surface area contributed by atoms with Crippen molar-refractivity contribution >= 4 is 17.6 Å². The maximum Gasteiger partial charge on any atom is 0.410 e. The number of aliphatic imine (C=N–C) groups is 1. The Kier molecular flexibility index (Phi) is 7.38. The first kappa shape index (κ1) is 22.4. The summed E-state index contributed by atoms with van der Waals surface area (Å²) >= 11 is 0. The monoisotopic (exact) mass is 400 g/mol. The number of halogens is 1. The van der Waals surface area contributed by atoms with E-state index in [-0.39, 0.29) is 11.7 Å². The van der Waals surface area contributed by atoms with Gasteiger partial charge in [-0.25, -0.2) is 14.2 Å². The minimum atomic E-state index is -0.581. The molecule has 6 nitrogen and oxygen atoms in total. The first-order chi connectivity index (χ1) is 13.6. The molecule has 0 aliphatic carbocycles. The number of hydrogen-bond donors (Lipinski definition) is 0. The van der Waals surface area contributed by atoms with Crippen molar-refractivity contribution in [3.8, 4) is 6.07 Å². The highest BCUT2D eigenvalue weighted by Gasteiger charge is 2.25. The molecular weight excluding hydrogens is 371 g/mol. The fourth-order valence-electron chi connectivity index (χ4n) is 3.06. The molecule has 156 valence electrons. The summed E-state index contributed by atoms with van der Waals surface area (Å²) in [6, 6.07) is 6.17. The number of nitrogens with zero attached hydrogens (tertiary/aromatic N) is 4. The van der Waals surface area contributed by atoms with Crippen molar-refractivity contribution in [1.82, 2.24) is 9.80 Å². The summed E-state index contributed by atoms with van der Waals surface area (Å²) in [5.41, 5.74) is 0.458. The van der Waals surface area contributed by atoms with Crippen LogP contribution in [0.2, 0.25) is 0 Å². The third-order valence-corrected chi connectivity index (χ3v) is 4.52. The van der Waals surface area contributed by atoms with E-state index < -0.39 is 11.4 Å². The Morgan fingerprint density at radius 3 is 2.52 bits per heavy atom. The van der Waals surface area contributed by atoms with E-state index in [1.54, 1.807) is 11.0 Å². The number of carbonyl (C=O) groups is 1. The summed E-state index contributed by atoms with van der Waals surface area (Å²) < 4.78 is 19.4. The number of ether oxygens (including phenoxy) is 1. The molecule has 1 aliphatic rings. The van der Waals surface area contributed by atoms with Gasteiger partial charge in [-0.15, -0.1) is 0 Å². The Balaban J connectivity index is 2.09. The van der Waals surface area contributed by atoms with E-state index in [0.29, 0.717) is 37.3 Å². The third kappa shape index (κ3) is 6.31. The molecule has 1 aromatic rings. The van der Waals surface area contributed by atoms with E-state index in [4.69, 9.17) is 10.00 Å². The van der Waals surface area contributed by atoms with Gasteiger partial charge >= 0.3 is 6.09 Å². The maximum atomic E-state index is 13.9. The Morgan fingerprint density at radius 2 is 1.93 bits per heavy atom. The normalized spacial score (nSPS) is 15.5. The standard InChI is InChI=1S/C22H29FN4O2/c1-6-20(25-16(2)17-8-9-18(15-24)19(23)14-17)26-10-7-11-27(13-12-26)21(28)29-22(3,4)5/h8-9,14H,2,6-7,10-13H2,1,3-5H3. The molecular formula is C22H29FN4O2. The van der Waals surface area contributed by atoms with Crippen molar-refractivity contribution in [2.24, 2.45) is 4.99 Å². The second-order valence-electron chi connectivity index (χ2n) is 7.94. The third-order valence-electron chi connectivity index (χ3n) is 4.52.